The van der Waals surface area contributed by atoms with Crippen LogP contribution in [0, 0.1) is 0 Å². The summed E-state index contributed by atoms with van der Waals surface area (Å²) in [6.07, 6.45) is 1.95. The van der Waals surface area contributed by atoms with Crippen molar-refractivity contribution in [1.82, 2.24) is 14.7 Å². The number of amides is 1. The van der Waals surface area contributed by atoms with Crippen molar-refractivity contribution in [2.45, 2.75) is 25.5 Å². The predicted molar refractivity (Wildman–Crippen MR) is 124 cm³/mol. The number of nitrogens with zero attached hydrogens (tertiary/aromatic N) is 4. The molecular formula is C25H28N4O3. The van der Waals surface area contributed by atoms with E-state index in [0.29, 0.717) is 18.8 Å². The van der Waals surface area contributed by atoms with Gasteiger partial charge in [0.1, 0.15) is 5.69 Å². The molecule has 3 aromatic rings. The Balaban J connectivity index is 1.61. The fourth-order valence-corrected chi connectivity index (χ4v) is 3.81. The molecule has 0 saturated carbocycles. The molecule has 0 radical (unpaired) electrons. The van der Waals surface area contributed by atoms with Crippen LogP contribution in [0.15, 0.2) is 71.5 Å². The molecule has 0 spiro atoms. The maximum absolute atomic E-state index is 13.5. The highest BCUT2D eigenvalue weighted by Crippen LogP contribution is 2.19. The van der Waals surface area contributed by atoms with Crippen molar-refractivity contribution >= 4 is 11.6 Å². The number of rotatable bonds is 7. The number of benzene rings is 2. The van der Waals surface area contributed by atoms with Gasteiger partial charge in [0.05, 0.1) is 11.8 Å². The molecular weight excluding hydrogens is 404 g/mol. The third kappa shape index (κ3) is 5.06. The van der Waals surface area contributed by atoms with Gasteiger partial charge in [0, 0.05) is 45.5 Å². The largest absolute Gasteiger partial charge is 0.378 e. The van der Waals surface area contributed by atoms with Crippen LogP contribution in [0.25, 0.3) is 5.69 Å². The molecule has 1 aromatic heterocycles. The number of para-hydroxylation sites is 1. The van der Waals surface area contributed by atoms with Gasteiger partial charge in [-0.25, -0.2) is 0 Å². The summed E-state index contributed by atoms with van der Waals surface area (Å²) in [5.74, 6) is -0.220. The average Bonchev–Trinajstić information content (AvgIpc) is 3.32. The lowest BCUT2D eigenvalue weighted by Gasteiger charge is -2.26. The Kier molecular flexibility index (Phi) is 6.66. The van der Waals surface area contributed by atoms with Gasteiger partial charge in [0.2, 0.25) is 0 Å². The van der Waals surface area contributed by atoms with Crippen molar-refractivity contribution in [3.8, 4) is 5.69 Å². The smallest absolute Gasteiger partial charge is 0.274 e. The van der Waals surface area contributed by atoms with Crippen molar-refractivity contribution in [3.63, 3.8) is 0 Å². The number of anilines is 1. The van der Waals surface area contributed by atoms with Crippen molar-refractivity contribution in [1.29, 1.82) is 0 Å². The molecule has 7 nitrogen and oxygen atoms in total. The van der Waals surface area contributed by atoms with Crippen LogP contribution in [-0.4, -0.2) is 53.9 Å². The van der Waals surface area contributed by atoms with E-state index >= 15 is 0 Å². The molecule has 1 aliphatic heterocycles. The van der Waals surface area contributed by atoms with Gasteiger partial charge in [-0.3, -0.25) is 9.59 Å². The molecule has 0 N–H and O–H groups in total. The summed E-state index contributed by atoms with van der Waals surface area (Å²) in [6, 6.07) is 20.2. The number of hydrogen-bond acceptors (Lipinski definition) is 5. The average molecular weight is 433 g/mol. The van der Waals surface area contributed by atoms with Gasteiger partial charge in [0.25, 0.3) is 11.5 Å². The highest BCUT2D eigenvalue weighted by Gasteiger charge is 2.25. The van der Waals surface area contributed by atoms with Crippen LogP contribution in [0.2, 0.25) is 0 Å². The highest BCUT2D eigenvalue weighted by atomic mass is 16.5. The van der Waals surface area contributed by atoms with E-state index in [4.69, 9.17) is 4.74 Å². The first-order valence-corrected chi connectivity index (χ1v) is 10.8. The van der Waals surface area contributed by atoms with Gasteiger partial charge in [-0.15, -0.1) is 0 Å². The maximum atomic E-state index is 13.5. The summed E-state index contributed by atoms with van der Waals surface area (Å²) in [6.45, 7) is 1.65. The van der Waals surface area contributed by atoms with Crippen LogP contribution in [0.3, 0.4) is 0 Å². The Morgan fingerprint density at radius 1 is 1.06 bits per heavy atom. The van der Waals surface area contributed by atoms with Gasteiger partial charge >= 0.3 is 0 Å². The molecule has 1 aliphatic rings. The summed E-state index contributed by atoms with van der Waals surface area (Å²) >= 11 is 0. The second-order valence-electron chi connectivity index (χ2n) is 8.19. The van der Waals surface area contributed by atoms with E-state index in [1.165, 1.54) is 16.8 Å². The van der Waals surface area contributed by atoms with Crippen molar-refractivity contribution in [2.24, 2.45) is 0 Å². The minimum atomic E-state index is -0.280. The van der Waals surface area contributed by atoms with Crippen molar-refractivity contribution in [2.75, 3.05) is 32.1 Å². The summed E-state index contributed by atoms with van der Waals surface area (Å²) in [4.78, 5) is 29.7. The first-order chi connectivity index (χ1) is 15.5. The van der Waals surface area contributed by atoms with E-state index in [1.54, 1.807) is 17.0 Å². The lowest BCUT2D eigenvalue weighted by atomic mass is 10.1. The van der Waals surface area contributed by atoms with E-state index in [2.05, 4.69) is 5.10 Å². The van der Waals surface area contributed by atoms with Gasteiger partial charge in [0.15, 0.2) is 0 Å². The van der Waals surface area contributed by atoms with E-state index < -0.39 is 0 Å². The molecule has 2 aromatic carbocycles. The summed E-state index contributed by atoms with van der Waals surface area (Å²) in [5, 5.41) is 4.38. The molecule has 1 atom stereocenters. The van der Waals surface area contributed by atoms with Crippen LogP contribution in [0.5, 0.6) is 0 Å². The second kappa shape index (κ2) is 9.78. The number of carbonyl (C=O) groups is 1. The van der Waals surface area contributed by atoms with Crippen LogP contribution in [0.1, 0.15) is 28.9 Å². The fraction of sp³-hybridized carbons (Fsp3) is 0.320. The van der Waals surface area contributed by atoms with E-state index in [1.807, 2.05) is 61.5 Å². The van der Waals surface area contributed by atoms with E-state index in [0.717, 1.165) is 30.7 Å². The third-order valence-corrected chi connectivity index (χ3v) is 5.58. The van der Waals surface area contributed by atoms with Gasteiger partial charge in [-0.05, 0) is 48.7 Å². The SMILES string of the molecule is CN(C)c1ccc(CN(CC2CCCO2)C(=O)c2ccc(=O)n(-c3ccccc3)n2)cc1. The normalized spacial score (nSPS) is 15.5. The lowest BCUT2D eigenvalue weighted by Crippen LogP contribution is -2.38. The quantitative estimate of drug-likeness (QED) is 0.574. The Hall–Kier alpha value is -3.45. The minimum absolute atomic E-state index is 0.0139. The Bertz CT molecular complexity index is 1100. The molecule has 166 valence electrons. The van der Waals surface area contributed by atoms with E-state index in [-0.39, 0.29) is 23.3 Å². The standard InChI is InChI=1S/C25H28N4O3/c1-27(2)20-12-10-19(11-13-20)17-28(18-22-9-6-16-32-22)25(31)23-14-15-24(30)29(26-23)21-7-4-3-5-8-21/h3-5,7-8,10-15,22H,6,9,16-18H2,1-2H3. The van der Waals surface area contributed by atoms with Crippen molar-refractivity contribution < 1.29 is 9.53 Å². The number of ether oxygens (including phenoxy) is 1. The van der Waals surface area contributed by atoms with Gasteiger partial charge < -0.3 is 14.5 Å². The number of hydrogen-bond donors (Lipinski definition) is 0. The monoisotopic (exact) mass is 432 g/mol. The summed E-state index contributed by atoms with van der Waals surface area (Å²) in [7, 11) is 3.99. The molecule has 7 heteroatoms. The van der Waals surface area contributed by atoms with E-state index in [9.17, 15) is 9.59 Å². The summed E-state index contributed by atoms with van der Waals surface area (Å²) in [5.41, 5.74) is 2.70. The molecule has 32 heavy (non-hydrogen) atoms. The third-order valence-electron chi connectivity index (χ3n) is 5.58. The Labute approximate surface area is 187 Å². The minimum Gasteiger partial charge on any atom is -0.378 e. The summed E-state index contributed by atoms with van der Waals surface area (Å²) < 4.78 is 7.06. The van der Waals surface area contributed by atoms with Crippen molar-refractivity contribution in [3.05, 3.63) is 88.3 Å². The van der Waals surface area contributed by atoms with Crippen LogP contribution in [0.4, 0.5) is 5.69 Å². The first kappa shape index (κ1) is 21.8. The molecule has 0 aliphatic carbocycles. The molecule has 0 bridgehead atoms. The predicted octanol–water partition coefficient (Wildman–Crippen LogP) is 3.12. The number of aromatic nitrogens is 2. The zero-order valence-corrected chi connectivity index (χ0v) is 18.5. The molecule has 2 heterocycles. The van der Waals surface area contributed by atoms with Crippen LogP contribution in [-0.2, 0) is 11.3 Å². The molecule has 4 rings (SSSR count). The Morgan fingerprint density at radius 3 is 2.47 bits per heavy atom. The van der Waals surface area contributed by atoms with Crippen LogP contribution >= 0.6 is 0 Å². The number of carbonyl (C=O) groups excluding carboxylic acids is 1. The zero-order chi connectivity index (χ0) is 22.5. The highest BCUT2D eigenvalue weighted by molar-refractivity contribution is 5.92. The molecule has 1 fully saturated rings. The zero-order valence-electron chi connectivity index (χ0n) is 18.5. The maximum Gasteiger partial charge on any atom is 0.274 e. The second-order valence-corrected chi connectivity index (χ2v) is 8.19. The molecule has 1 unspecified atom stereocenters. The first-order valence-electron chi connectivity index (χ1n) is 10.8. The Morgan fingerprint density at radius 2 is 1.81 bits per heavy atom. The molecule has 1 amide bonds. The molecule has 1 saturated heterocycles. The topological polar surface area (TPSA) is 67.7 Å². The lowest BCUT2D eigenvalue weighted by molar-refractivity contribution is 0.0501. The van der Waals surface area contributed by atoms with Gasteiger partial charge in [-0.2, -0.15) is 9.78 Å². The fourth-order valence-electron chi connectivity index (χ4n) is 3.81. The van der Waals surface area contributed by atoms with Crippen LogP contribution < -0.4 is 10.5 Å². The van der Waals surface area contributed by atoms with Gasteiger partial charge in [-0.1, -0.05) is 30.3 Å².